The third-order valence-corrected chi connectivity index (χ3v) is 6.38. The molecule has 134 valence electrons. The molecule has 1 amide bonds. The molecule has 2 heterocycles. The summed E-state index contributed by atoms with van der Waals surface area (Å²) in [6.45, 7) is 0.347. The zero-order valence-electron chi connectivity index (χ0n) is 13.6. The van der Waals surface area contributed by atoms with E-state index in [0.29, 0.717) is 18.0 Å². The third kappa shape index (κ3) is 5.48. The average Bonchev–Trinajstić information content (AvgIpc) is 3.31. The van der Waals surface area contributed by atoms with Gasteiger partial charge in [-0.2, -0.15) is 0 Å². The second kappa shape index (κ2) is 9.07. The van der Waals surface area contributed by atoms with Crippen molar-refractivity contribution in [2.45, 2.75) is 17.3 Å². The van der Waals surface area contributed by atoms with Crippen molar-refractivity contribution in [2.75, 3.05) is 5.75 Å². The number of hydrogen-bond donors (Lipinski definition) is 1. The van der Waals surface area contributed by atoms with Gasteiger partial charge < -0.3 is 5.32 Å². The highest BCUT2D eigenvalue weighted by atomic mass is 32.2. The number of amides is 1. The molecular formula is C18H15FN2O2S3. The van der Waals surface area contributed by atoms with Crippen LogP contribution in [0, 0.1) is 5.82 Å². The lowest BCUT2D eigenvalue weighted by Gasteiger charge is -2.04. The number of Topliss-reactive ketones (excluding diaryl/α,β-unsaturated/α-hetero) is 1. The van der Waals surface area contributed by atoms with Gasteiger partial charge in [0.05, 0.1) is 22.7 Å². The minimum atomic E-state index is -0.301. The Morgan fingerprint density at radius 1 is 1.15 bits per heavy atom. The van der Waals surface area contributed by atoms with Gasteiger partial charge in [-0.05, 0) is 29.1 Å². The van der Waals surface area contributed by atoms with Crippen LogP contribution in [0.2, 0.25) is 0 Å². The number of thioether (sulfide) groups is 1. The third-order valence-electron chi connectivity index (χ3n) is 3.40. The second-order valence-electron chi connectivity index (χ2n) is 5.37. The lowest BCUT2D eigenvalue weighted by Crippen LogP contribution is -2.24. The summed E-state index contributed by atoms with van der Waals surface area (Å²) < 4.78 is 13.6. The number of benzene rings is 1. The number of halogens is 1. The Hall–Kier alpha value is -2.03. The van der Waals surface area contributed by atoms with Crippen LogP contribution < -0.4 is 5.32 Å². The van der Waals surface area contributed by atoms with Crippen molar-refractivity contribution in [3.05, 3.63) is 69.1 Å². The summed E-state index contributed by atoms with van der Waals surface area (Å²) in [7, 11) is 0. The number of ketones is 1. The van der Waals surface area contributed by atoms with E-state index in [0.717, 1.165) is 14.8 Å². The van der Waals surface area contributed by atoms with Gasteiger partial charge in [-0.25, -0.2) is 9.37 Å². The summed E-state index contributed by atoms with van der Waals surface area (Å²) in [6.07, 6.45) is 0.178. The molecule has 0 spiro atoms. The zero-order chi connectivity index (χ0) is 18.4. The number of rotatable bonds is 8. The van der Waals surface area contributed by atoms with Crippen LogP contribution in [0.25, 0.3) is 0 Å². The molecule has 8 heteroatoms. The average molecular weight is 407 g/mol. The number of nitrogens with zero attached hydrogens (tertiary/aromatic N) is 1. The highest BCUT2D eigenvalue weighted by Gasteiger charge is 2.11. The number of aromatic nitrogens is 1. The number of nitrogens with one attached hydrogen (secondary N) is 1. The van der Waals surface area contributed by atoms with Gasteiger partial charge in [-0.1, -0.05) is 30.0 Å². The summed E-state index contributed by atoms with van der Waals surface area (Å²) in [4.78, 5) is 29.1. The zero-order valence-corrected chi connectivity index (χ0v) is 16.1. The van der Waals surface area contributed by atoms with Gasteiger partial charge in [0, 0.05) is 11.9 Å². The first-order valence-electron chi connectivity index (χ1n) is 7.75. The van der Waals surface area contributed by atoms with Gasteiger partial charge in [-0.3, -0.25) is 9.59 Å². The topological polar surface area (TPSA) is 59.1 Å². The van der Waals surface area contributed by atoms with Gasteiger partial charge in [0.2, 0.25) is 5.91 Å². The van der Waals surface area contributed by atoms with E-state index >= 15 is 0 Å². The highest BCUT2D eigenvalue weighted by Crippen LogP contribution is 2.24. The summed E-state index contributed by atoms with van der Waals surface area (Å²) >= 11 is 4.24. The van der Waals surface area contributed by atoms with Crippen LogP contribution in [0.1, 0.15) is 20.9 Å². The molecule has 3 aromatic rings. The molecule has 0 aliphatic carbocycles. The van der Waals surface area contributed by atoms with E-state index < -0.39 is 0 Å². The van der Waals surface area contributed by atoms with Gasteiger partial charge in [0.25, 0.3) is 0 Å². The largest absolute Gasteiger partial charge is 0.352 e. The molecule has 1 aromatic carbocycles. The minimum Gasteiger partial charge on any atom is -0.352 e. The first kappa shape index (κ1) is 18.8. The highest BCUT2D eigenvalue weighted by molar-refractivity contribution is 8.01. The molecule has 1 N–H and O–H groups in total. The van der Waals surface area contributed by atoms with Crippen molar-refractivity contribution in [3.8, 4) is 0 Å². The normalized spacial score (nSPS) is 10.7. The van der Waals surface area contributed by atoms with Gasteiger partial charge in [-0.15, -0.1) is 22.7 Å². The quantitative estimate of drug-likeness (QED) is 0.450. The molecule has 0 unspecified atom stereocenters. The van der Waals surface area contributed by atoms with Crippen molar-refractivity contribution < 1.29 is 14.0 Å². The van der Waals surface area contributed by atoms with Crippen LogP contribution in [-0.2, 0) is 17.8 Å². The van der Waals surface area contributed by atoms with E-state index in [1.54, 1.807) is 12.1 Å². The molecule has 4 nitrogen and oxygen atoms in total. The van der Waals surface area contributed by atoms with E-state index in [1.165, 1.54) is 46.6 Å². The van der Waals surface area contributed by atoms with Crippen LogP contribution in [0.5, 0.6) is 0 Å². The Balaban J connectivity index is 1.44. The molecule has 0 atom stereocenters. The summed E-state index contributed by atoms with van der Waals surface area (Å²) in [6, 6.07) is 9.67. The van der Waals surface area contributed by atoms with Crippen molar-refractivity contribution in [3.63, 3.8) is 0 Å². The smallest absolute Gasteiger partial charge is 0.226 e. The lowest BCUT2D eigenvalue weighted by atomic mass is 10.2. The molecule has 0 fully saturated rings. The Morgan fingerprint density at radius 2 is 1.96 bits per heavy atom. The number of thiazole rings is 1. The first-order chi connectivity index (χ1) is 12.6. The van der Waals surface area contributed by atoms with E-state index in [1.807, 2.05) is 22.9 Å². The van der Waals surface area contributed by atoms with Crippen LogP contribution >= 0.6 is 34.4 Å². The van der Waals surface area contributed by atoms with Gasteiger partial charge in [0.1, 0.15) is 5.82 Å². The summed E-state index contributed by atoms with van der Waals surface area (Å²) in [5.41, 5.74) is 1.51. The van der Waals surface area contributed by atoms with Crippen LogP contribution in [0.4, 0.5) is 4.39 Å². The number of carbonyl (C=O) groups is 2. The van der Waals surface area contributed by atoms with Crippen molar-refractivity contribution in [1.29, 1.82) is 0 Å². The van der Waals surface area contributed by atoms with Crippen LogP contribution in [-0.4, -0.2) is 22.4 Å². The molecule has 0 radical (unpaired) electrons. The maximum Gasteiger partial charge on any atom is 0.226 e. The molecule has 0 aliphatic heterocycles. The molecule has 0 bridgehead atoms. The van der Waals surface area contributed by atoms with E-state index in [4.69, 9.17) is 0 Å². The first-order valence-corrected chi connectivity index (χ1v) is 10.5. The number of thiophene rings is 1. The molecule has 3 rings (SSSR count). The van der Waals surface area contributed by atoms with Crippen LogP contribution in [0.3, 0.4) is 0 Å². The molecule has 0 saturated carbocycles. The predicted molar refractivity (Wildman–Crippen MR) is 103 cm³/mol. The Kier molecular flexibility index (Phi) is 6.54. The van der Waals surface area contributed by atoms with E-state index in [2.05, 4.69) is 10.3 Å². The molecule has 0 aliphatic rings. The van der Waals surface area contributed by atoms with Gasteiger partial charge in [0.15, 0.2) is 10.1 Å². The van der Waals surface area contributed by atoms with Crippen molar-refractivity contribution in [2.24, 2.45) is 0 Å². The Labute approximate surface area is 162 Å². The molecular weight excluding hydrogens is 391 g/mol. The lowest BCUT2D eigenvalue weighted by molar-refractivity contribution is -0.120. The Bertz CT molecular complexity index is 876. The summed E-state index contributed by atoms with van der Waals surface area (Å²) in [5, 5.41) is 6.50. The van der Waals surface area contributed by atoms with Crippen LogP contribution in [0.15, 0.2) is 51.5 Å². The Morgan fingerprint density at radius 3 is 2.69 bits per heavy atom. The van der Waals surface area contributed by atoms with Crippen molar-refractivity contribution in [1.82, 2.24) is 10.3 Å². The number of carbonyl (C=O) groups excluding carboxylic acids is 2. The fraction of sp³-hybridized carbons (Fsp3) is 0.167. The maximum atomic E-state index is 12.9. The fourth-order valence-electron chi connectivity index (χ4n) is 2.10. The molecule has 0 saturated heterocycles. The molecule has 2 aromatic heterocycles. The van der Waals surface area contributed by atoms with E-state index in [-0.39, 0.29) is 23.9 Å². The fourth-order valence-corrected chi connectivity index (χ4v) is 4.59. The monoisotopic (exact) mass is 406 g/mol. The standard InChI is InChI=1S/C18H15FN2O2S3/c19-13-5-3-12(4-6-13)9-20-17(23)8-14-10-25-18(21-14)26-11-15(22)16-2-1-7-24-16/h1-7,10H,8-9,11H2,(H,20,23). The minimum absolute atomic E-state index is 0.0822. The molecule has 26 heavy (non-hydrogen) atoms. The second-order valence-corrected chi connectivity index (χ2v) is 8.40. The number of hydrogen-bond acceptors (Lipinski definition) is 6. The van der Waals surface area contributed by atoms with Gasteiger partial charge >= 0.3 is 0 Å². The van der Waals surface area contributed by atoms with E-state index in [9.17, 15) is 14.0 Å². The maximum absolute atomic E-state index is 12.9. The van der Waals surface area contributed by atoms with Crippen molar-refractivity contribution >= 4 is 46.1 Å². The summed E-state index contributed by atoms with van der Waals surface area (Å²) in [5.74, 6) is -0.0284. The SMILES string of the molecule is O=C(Cc1csc(SCC(=O)c2cccs2)n1)NCc1ccc(F)cc1. The predicted octanol–water partition coefficient (Wildman–Crippen LogP) is 4.18.